The van der Waals surface area contributed by atoms with Crippen LogP contribution in [-0.2, 0) is 6.54 Å². The Morgan fingerprint density at radius 1 is 0.846 bits per heavy atom. The smallest absolute Gasteiger partial charge is 0.266 e. The summed E-state index contributed by atoms with van der Waals surface area (Å²) in [6.45, 7) is 3.51. The lowest BCUT2D eigenvalue weighted by atomic mass is 10.1. The van der Waals surface area contributed by atoms with Gasteiger partial charge in [0.25, 0.3) is 5.56 Å². The monoisotopic (exact) mass is 350 g/mol. The number of benzene rings is 2. The van der Waals surface area contributed by atoms with Crippen LogP contribution in [0.15, 0.2) is 71.5 Å². The summed E-state index contributed by atoms with van der Waals surface area (Å²) in [6, 6.07) is 20.5. The van der Waals surface area contributed by atoms with Crippen molar-refractivity contribution in [2.24, 2.45) is 0 Å². The van der Waals surface area contributed by atoms with E-state index in [0.29, 0.717) is 19.8 Å². The highest BCUT2D eigenvalue weighted by Gasteiger charge is 2.04. The molecule has 0 amide bonds. The first-order valence-corrected chi connectivity index (χ1v) is 8.75. The number of hydrogen-bond acceptors (Lipinski definition) is 4. The largest absolute Gasteiger partial charge is 0.494 e. The van der Waals surface area contributed by atoms with Crippen LogP contribution in [0.2, 0.25) is 0 Å². The molecule has 0 aliphatic heterocycles. The molecule has 3 aromatic rings. The molecule has 0 saturated carbocycles. The highest BCUT2D eigenvalue weighted by Crippen LogP contribution is 2.18. The Balaban J connectivity index is 1.60. The van der Waals surface area contributed by atoms with Crippen LogP contribution in [0.3, 0.4) is 0 Å². The summed E-state index contributed by atoms with van der Waals surface area (Å²) >= 11 is 0. The second-order valence-electron chi connectivity index (χ2n) is 5.81. The summed E-state index contributed by atoms with van der Waals surface area (Å²) < 4.78 is 12.7. The SMILES string of the molecule is CCCOc1ccc(OCCn2nc(-c3ccccc3)ccc2=O)cc1. The van der Waals surface area contributed by atoms with E-state index >= 15 is 0 Å². The van der Waals surface area contributed by atoms with Gasteiger partial charge in [-0.3, -0.25) is 4.79 Å². The molecule has 0 fully saturated rings. The van der Waals surface area contributed by atoms with E-state index in [9.17, 15) is 4.79 Å². The van der Waals surface area contributed by atoms with Crippen LogP contribution in [0.25, 0.3) is 11.3 Å². The fourth-order valence-corrected chi connectivity index (χ4v) is 2.47. The summed E-state index contributed by atoms with van der Waals surface area (Å²) in [7, 11) is 0. The normalized spacial score (nSPS) is 10.5. The molecule has 0 bridgehead atoms. The van der Waals surface area contributed by atoms with Gasteiger partial charge in [-0.2, -0.15) is 5.10 Å². The minimum absolute atomic E-state index is 0.142. The van der Waals surface area contributed by atoms with Crippen LogP contribution in [-0.4, -0.2) is 23.0 Å². The third-order valence-corrected chi connectivity index (χ3v) is 3.80. The number of nitrogens with zero attached hydrogens (tertiary/aromatic N) is 2. The van der Waals surface area contributed by atoms with Crippen LogP contribution in [0.4, 0.5) is 0 Å². The summed E-state index contributed by atoms with van der Waals surface area (Å²) in [6.07, 6.45) is 0.974. The van der Waals surface area contributed by atoms with Crippen LogP contribution >= 0.6 is 0 Å². The Hall–Kier alpha value is -3.08. The zero-order chi connectivity index (χ0) is 18.2. The molecule has 1 heterocycles. The van der Waals surface area contributed by atoms with Crippen LogP contribution < -0.4 is 15.0 Å². The summed E-state index contributed by atoms with van der Waals surface area (Å²) in [4.78, 5) is 12.0. The third-order valence-electron chi connectivity index (χ3n) is 3.80. The van der Waals surface area contributed by atoms with Crippen molar-refractivity contribution in [1.82, 2.24) is 9.78 Å². The molecule has 1 aromatic heterocycles. The van der Waals surface area contributed by atoms with Gasteiger partial charge in [0.15, 0.2) is 0 Å². The average molecular weight is 350 g/mol. The fourth-order valence-electron chi connectivity index (χ4n) is 2.47. The molecule has 0 unspecified atom stereocenters. The van der Waals surface area contributed by atoms with Gasteiger partial charge in [-0.15, -0.1) is 0 Å². The molecule has 0 aliphatic carbocycles. The van der Waals surface area contributed by atoms with Crippen molar-refractivity contribution in [2.45, 2.75) is 19.9 Å². The zero-order valence-electron chi connectivity index (χ0n) is 14.8. The predicted octanol–water partition coefficient (Wildman–Crippen LogP) is 3.78. The summed E-state index contributed by atoms with van der Waals surface area (Å²) in [5, 5.41) is 4.43. The van der Waals surface area contributed by atoms with Gasteiger partial charge in [0.2, 0.25) is 0 Å². The predicted molar refractivity (Wildman–Crippen MR) is 102 cm³/mol. The summed E-state index contributed by atoms with van der Waals surface area (Å²) in [5.41, 5.74) is 1.60. The van der Waals surface area contributed by atoms with Gasteiger partial charge >= 0.3 is 0 Å². The Bertz CT molecular complexity index is 874. The minimum atomic E-state index is -0.142. The lowest BCUT2D eigenvalue weighted by molar-refractivity contribution is 0.286. The third kappa shape index (κ3) is 4.72. The first kappa shape index (κ1) is 17.7. The Morgan fingerprint density at radius 3 is 2.15 bits per heavy atom. The fraction of sp³-hybridized carbons (Fsp3) is 0.238. The van der Waals surface area contributed by atoms with E-state index in [4.69, 9.17) is 9.47 Å². The molecule has 0 atom stereocenters. The molecule has 0 N–H and O–H groups in total. The van der Waals surface area contributed by atoms with Gasteiger partial charge in [0.05, 0.1) is 18.8 Å². The maximum atomic E-state index is 12.0. The van der Waals surface area contributed by atoms with E-state index in [-0.39, 0.29) is 5.56 Å². The lowest BCUT2D eigenvalue weighted by Gasteiger charge is -2.10. The maximum Gasteiger partial charge on any atom is 0.266 e. The molecule has 0 saturated heterocycles. The van der Waals surface area contributed by atoms with Gasteiger partial charge in [-0.1, -0.05) is 37.3 Å². The number of aromatic nitrogens is 2. The molecule has 0 radical (unpaired) electrons. The Kier molecular flexibility index (Phi) is 6.04. The number of rotatable bonds is 8. The van der Waals surface area contributed by atoms with E-state index in [1.807, 2.05) is 54.6 Å². The first-order valence-electron chi connectivity index (χ1n) is 8.75. The van der Waals surface area contributed by atoms with Crippen molar-refractivity contribution in [1.29, 1.82) is 0 Å². The first-order chi connectivity index (χ1) is 12.8. The van der Waals surface area contributed by atoms with E-state index in [0.717, 1.165) is 29.2 Å². The Labute approximate surface area is 152 Å². The van der Waals surface area contributed by atoms with Crippen molar-refractivity contribution in [3.63, 3.8) is 0 Å². The van der Waals surface area contributed by atoms with Crippen molar-refractivity contribution < 1.29 is 9.47 Å². The van der Waals surface area contributed by atoms with E-state index in [1.54, 1.807) is 6.07 Å². The highest BCUT2D eigenvalue weighted by molar-refractivity contribution is 5.57. The highest BCUT2D eigenvalue weighted by atomic mass is 16.5. The van der Waals surface area contributed by atoms with Crippen molar-refractivity contribution in [3.8, 4) is 22.8 Å². The number of ether oxygens (including phenoxy) is 2. The molecular weight excluding hydrogens is 328 g/mol. The van der Waals surface area contributed by atoms with E-state index in [1.165, 1.54) is 10.7 Å². The van der Waals surface area contributed by atoms with Gasteiger partial charge in [0.1, 0.15) is 18.1 Å². The second kappa shape index (κ2) is 8.85. The molecule has 0 aliphatic rings. The molecule has 26 heavy (non-hydrogen) atoms. The molecule has 134 valence electrons. The second-order valence-corrected chi connectivity index (χ2v) is 5.81. The molecule has 3 rings (SSSR count). The van der Waals surface area contributed by atoms with Gasteiger partial charge in [-0.25, -0.2) is 4.68 Å². The lowest BCUT2D eigenvalue weighted by Crippen LogP contribution is -2.25. The van der Waals surface area contributed by atoms with Gasteiger partial charge < -0.3 is 9.47 Å². The van der Waals surface area contributed by atoms with E-state index < -0.39 is 0 Å². The van der Waals surface area contributed by atoms with Crippen molar-refractivity contribution in [3.05, 3.63) is 77.1 Å². The average Bonchev–Trinajstić information content (AvgIpc) is 2.69. The van der Waals surface area contributed by atoms with Gasteiger partial charge in [0, 0.05) is 11.6 Å². The molecular formula is C21H22N2O3. The molecule has 5 nitrogen and oxygen atoms in total. The van der Waals surface area contributed by atoms with Crippen LogP contribution in [0.1, 0.15) is 13.3 Å². The number of hydrogen-bond donors (Lipinski definition) is 0. The maximum absolute atomic E-state index is 12.0. The van der Waals surface area contributed by atoms with Crippen LogP contribution in [0, 0.1) is 0 Å². The molecule has 5 heteroatoms. The molecule has 0 spiro atoms. The standard InChI is InChI=1S/C21H22N2O3/c1-2-15-25-18-8-10-19(11-9-18)26-16-14-23-21(24)13-12-20(22-23)17-6-4-3-5-7-17/h3-13H,2,14-16H2,1H3. The van der Waals surface area contributed by atoms with E-state index in [2.05, 4.69) is 12.0 Å². The quantitative estimate of drug-likeness (QED) is 0.620. The van der Waals surface area contributed by atoms with Crippen molar-refractivity contribution in [2.75, 3.05) is 13.2 Å². The van der Waals surface area contributed by atoms with Gasteiger partial charge in [-0.05, 0) is 36.8 Å². The summed E-state index contributed by atoms with van der Waals surface area (Å²) in [5.74, 6) is 1.56. The Morgan fingerprint density at radius 2 is 1.50 bits per heavy atom. The molecule has 2 aromatic carbocycles. The van der Waals surface area contributed by atoms with Crippen molar-refractivity contribution >= 4 is 0 Å². The topological polar surface area (TPSA) is 53.4 Å². The van der Waals surface area contributed by atoms with Crippen LogP contribution in [0.5, 0.6) is 11.5 Å². The zero-order valence-corrected chi connectivity index (χ0v) is 14.8. The minimum Gasteiger partial charge on any atom is -0.494 e.